The van der Waals surface area contributed by atoms with E-state index in [0.717, 1.165) is 22.6 Å². The Kier molecular flexibility index (Phi) is 6.41. The molecule has 1 fully saturated rings. The predicted molar refractivity (Wildman–Crippen MR) is 139 cm³/mol. The highest BCUT2D eigenvalue weighted by Gasteiger charge is 2.38. The summed E-state index contributed by atoms with van der Waals surface area (Å²) in [6.45, 7) is 5.77. The van der Waals surface area contributed by atoms with Crippen molar-refractivity contribution in [3.05, 3.63) is 88.2 Å². The van der Waals surface area contributed by atoms with Gasteiger partial charge in [-0.15, -0.1) is 0 Å². The first-order chi connectivity index (χ1) is 16.6. The van der Waals surface area contributed by atoms with E-state index in [9.17, 15) is 14.4 Å². The Balaban J connectivity index is 1.78. The largest absolute Gasteiger partial charge is 0.465 e. The molecular weight excluding hydrogens is 462 g/mol. The van der Waals surface area contributed by atoms with Gasteiger partial charge in [0.1, 0.15) is 5.57 Å². The molecule has 0 aliphatic carbocycles. The number of carbonyl (C=O) groups is 3. The number of hydrogen-bond acceptors (Lipinski definition) is 5. The Labute approximate surface area is 209 Å². The third-order valence-electron chi connectivity index (χ3n) is 6.03. The Hall–Kier alpha value is -4.04. The zero-order valence-electron chi connectivity index (χ0n) is 20.2. The van der Waals surface area contributed by atoms with Crippen LogP contribution in [-0.2, 0) is 14.3 Å². The maximum absolute atomic E-state index is 13.5. The minimum atomic E-state index is -0.473. The Morgan fingerprint density at radius 2 is 1.63 bits per heavy atom. The lowest BCUT2D eigenvalue weighted by atomic mass is 10.1. The van der Waals surface area contributed by atoms with E-state index in [0.29, 0.717) is 16.8 Å². The average Bonchev–Trinajstić information content (AvgIpc) is 3.13. The van der Waals surface area contributed by atoms with Crippen molar-refractivity contribution in [3.63, 3.8) is 0 Å². The molecule has 2 aromatic carbocycles. The summed E-state index contributed by atoms with van der Waals surface area (Å²) in [5, 5.41) is 0.131. The summed E-state index contributed by atoms with van der Waals surface area (Å²) in [4.78, 5) is 41.2. The zero-order valence-corrected chi connectivity index (χ0v) is 21.0. The number of benzene rings is 2. The molecule has 1 saturated heterocycles. The lowest BCUT2D eigenvalue weighted by Gasteiger charge is -2.34. The maximum Gasteiger partial charge on any atom is 0.337 e. The van der Waals surface area contributed by atoms with Crippen LogP contribution in [-0.4, -0.2) is 46.5 Å². The lowest BCUT2D eigenvalue weighted by Crippen LogP contribution is -2.54. The first kappa shape index (κ1) is 24.1. The van der Waals surface area contributed by atoms with Gasteiger partial charge in [-0.2, -0.15) is 0 Å². The molecule has 178 valence electrons. The number of methoxy groups -OCH3 is 1. The summed E-state index contributed by atoms with van der Waals surface area (Å²) in [7, 11) is 2.90. The molecule has 0 atom stereocenters. The number of rotatable bonds is 4. The molecule has 0 unspecified atom stereocenters. The van der Waals surface area contributed by atoms with Crippen molar-refractivity contribution >= 4 is 46.9 Å². The van der Waals surface area contributed by atoms with E-state index in [-0.39, 0.29) is 10.7 Å². The number of likely N-dealkylation sites (N-methyl/N-ethyl adjacent to an activating group) is 1. The first-order valence-electron chi connectivity index (χ1n) is 11.0. The van der Waals surface area contributed by atoms with E-state index in [1.807, 2.05) is 49.6 Å². The topological polar surface area (TPSA) is 71.8 Å². The quantitative estimate of drug-likeness (QED) is 0.237. The van der Waals surface area contributed by atoms with Crippen LogP contribution in [0.4, 0.5) is 5.69 Å². The van der Waals surface area contributed by atoms with Gasteiger partial charge in [0.15, 0.2) is 5.11 Å². The third-order valence-corrected chi connectivity index (χ3v) is 6.49. The molecule has 0 bridgehead atoms. The van der Waals surface area contributed by atoms with Crippen LogP contribution >= 0.6 is 12.2 Å². The fraction of sp³-hybridized carbons (Fsp3) is 0.185. The first-order valence-corrected chi connectivity index (χ1v) is 11.4. The van der Waals surface area contributed by atoms with Crippen molar-refractivity contribution in [1.29, 1.82) is 0 Å². The van der Waals surface area contributed by atoms with E-state index < -0.39 is 17.8 Å². The van der Waals surface area contributed by atoms with Crippen molar-refractivity contribution in [2.45, 2.75) is 20.8 Å². The molecule has 0 spiro atoms. The number of aryl methyl sites for hydroxylation is 2. The van der Waals surface area contributed by atoms with Crippen LogP contribution in [0.1, 0.15) is 32.9 Å². The molecule has 0 saturated carbocycles. The molecule has 8 heteroatoms. The van der Waals surface area contributed by atoms with E-state index in [4.69, 9.17) is 17.0 Å². The standard InChI is InChI=1S/C27H25N3O4S/c1-16-9-11-21(12-10-16)30-25(32)23(24(31)28(4)27(30)35)15-20-13-17(2)29(18(20)3)22-8-6-7-19(14-22)26(33)34-5/h6-15H,1-5H3. The third kappa shape index (κ3) is 4.28. The number of anilines is 1. The van der Waals surface area contributed by atoms with Gasteiger partial charge >= 0.3 is 5.97 Å². The summed E-state index contributed by atoms with van der Waals surface area (Å²) >= 11 is 5.44. The van der Waals surface area contributed by atoms with Crippen LogP contribution < -0.4 is 4.90 Å². The van der Waals surface area contributed by atoms with E-state index >= 15 is 0 Å². The lowest BCUT2D eigenvalue weighted by molar-refractivity contribution is -0.127. The van der Waals surface area contributed by atoms with Gasteiger partial charge in [-0.3, -0.25) is 19.4 Å². The smallest absolute Gasteiger partial charge is 0.337 e. The molecule has 2 heterocycles. The maximum atomic E-state index is 13.5. The number of carbonyl (C=O) groups excluding carboxylic acids is 3. The van der Waals surface area contributed by atoms with Crippen molar-refractivity contribution in [2.75, 3.05) is 19.1 Å². The van der Waals surface area contributed by atoms with Gasteiger partial charge < -0.3 is 9.30 Å². The molecular formula is C27H25N3O4S. The SMILES string of the molecule is COC(=O)c1cccc(-n2c(C)cc(C=C3C(=O)N(C)C(=S)N(c4ccc(C)cc4)C3=O)c2C)c1. The fourth-order valence-electron chi connectivity index (χ4n) is 4.14. The molecule has 0 radical (unpaired) electrons. The molecule has 0 N–H and O–H groups in total. The van der Waals surface area contributed by atoms with Gasteiger partial charge in [-0.1, -0.05) is 23.8 Å². The minimum Gasteiger partial charge on any atom is -0.465 e. The number of esters is 1. The minimum absolute atomic E-state index is 0.0187. The summed E-state index contributed by atoms with van der Waals surface area (Å²) in [6.07, 6.45) is 1.60. The monoisotopic (exact) mass is 487 g/mol. The van der Waals surface area contributed by atoms with Crippen molar-refractivity contribution in [1.82, 2.24) is 9.47 Å². The molecule has 7 nitrogen and oxygen atoms in total. The van der Waals surface area contributed by atoms with Gasteiger partial charge in [-0.25, -0.2) is 4.79 Å². The second-order valence-electron chi connectivity index (χ2n) is 8.38. The summed E-state index contributed by atoms with van der Waals surface area (Å²) < 4.78 is 6.80. The van der Waals surface area contributed by atoms with E-state index in [2.05, 4.69) is 0 Å². The number of amides is 2. The van der Waals surface area contributed by atoms with Gasteiger partial charge in [-0.05, 0) is 81.0 Å². The van der Waals surface area contributed by atoms with Gasteiger partial charge in [0.25, 0.3) is 11.8 Å². The van der Waals surface area contributed by atoms with Crippen LogP contribution in [0, 0.1) is 20.8 Å². The van der Waals surface area contributed by atoms with Crippen LogP contribution in [0.2, 0.25) is 0 Å². The van der Waals surface area contributed by atoms with Crippen molar-refractivity contribution < 1.29 is 19.1 Å². The highest BCUT2D eigenvalue weighted by atomic mass is 32.1. The van der Waals surface area contributed by atoms with Crippen molar-refractivity contribution in [3.8, 4) is 5.69 Å². The average molecular weight is 488 g/mol. The number of nitrogens with zero attached hydrogens (tertiary/aromatic N) is 3. The van der Waals surface area contributed by atoms with Crippen LogP contribution in [0.3, 0.4) is 0 Å². The van der Waals surface area contributed by atoms with E-state index in [1.54, 1.807) is 43.5 Å². The predicted octanol–water partition coefficient (Wildman–Crippen LogP) is 4.36. The normalized spacial score (nSPS) is 15.2. The number of thiocarbonyl (C=S) groups is 1. The second kappa shape index (κ2) is 9.31. The molecule has 1 aromatic heterocycles. The van der Waals surface area contributed by atoms with Gasteiger partial charge in [0.05, 0.1) is 18.4 Å². The summed E-state index contributed by atoms with van der Waals surface area (Å²) in [6, 6.07) is 16.4. The highest BCUT2D eigenvalue weighted by Crippen LogP contribution is 2.28. The van der Waals surface area contributed by atoms with Gasteiger partial charge in [0, 0.05) is 24.1 Å². The Morgan fingerprint density at radius 3 is 2.29 bits per heavy atom. The Morgan fingerprint density at radius 1 is 0.943 bits per heavy atom. The molecule has 2 amide bonds. The molecule has 35 heavy (non-hydrogen) atoms. The molecule has 1 aliphatic rings. The van der Waals surface area contributed by atoms with Crippen molar-refractivity contribution in [2.24, 2.45) is 0 Å². The summed E-state index contributed by atoms with van der Waals surface area (Å²) in [5.74, 6) is -1.36. The highest BCUT2D eigenvalue weighted by molar-refractivity contribution is 7.80. The Bertz CT molecular complexity index is 1400. The van der Waals surface area contributed by atoms with Crippen LogP contribution in [0.25, 0.3) is 11.8 Å². The zero-order chi connectivity index (χ0) is 25.4. The molecule has 3 aromatic rings. The number of ether oxygens (including phenoxy) is 1. The van der Waals surface area contributed by atoms with Crippen LogP contribution in [0.15, 0.2) is 60.2 Å². The number of aromatic nitrogens is 1. The fourth-order valence-corrected chi connectivity index (χ4v) is 4.41. The summed E-state index contributed by atoms with van der Waals surface area (Å²) in [5.41, 5.74) is 5.28. The molecule has 4 rings (SSSR count). The van der Waals surface area contributed by atoms with E-state index in [1.165, 1.54) is 16.9 Å². The second-order valence-corrected chi connectivity index (χ2v) is 8.75. The van der Waals surface area contributed by atoms with Gasteiger partial charge in [0.2, 0.25) is 0 Å². The molecule has 1 aliphatic heterocycles. The van der Waals surface area contributed by atoms with Crippen LogP contribution in [0.5, 0.6) is 0 Å². The number of hydrogen-bond donors (Lipinski definition) is 0.